The number of thiazole rings is 1. The number of aromatic amines is 1. The highest BCUT2D eigenvalue weighted by atomic mass is 32.1. The number of aromatic nitrogens is 3. The molecule has 0 unspecified atom stereocenters. The Morgan fingerprint density at radius 3 is 2.79 bits per heavy atom. The number of hydrogen-bond donors (Lipinski definition) is 1. The van der Waals surface area contributed by atoms with Gasteiger partial charge in [-0.3, -0.25) is 4.79 Å². The molecule has 0 aliphatic rings. The molecule has 2 aromatic heterocycles. The number of hydrogen-bond acceptors (Lipinski definition) is 4. The molecule has 19 heavy (non-hydrogen) atoms. The van der Waals surface area contributed by atoms with E-state index in [-0.39, 0.29) is 5.56 Å². The summed E-state index contributed by atoms with van der Waals surface area (Å²) in [5.74, 6) is 0.577. The molecule has 0 aliphatic heterocycles. The number of nitrogens with one attached hydrogen (secondary N) is 1. The zero-order valence-electron chi connectivity index (χ0n) is 10.2. The molecule has 0 atom stereocenters. The highest BCUT2D eigenvalue weighted by molar-refractivity contribution is 7.73. The molecule has 4 nitrogen and oxygen atoms in total. The van der Waals surface area contributed by atoms with E-state index in [1.165, 1.54) is 11.3 Å². The molecule has 0 saturated heterocycles. The Labute approximate surface area is 118 Å². The number of aryl methyl sites for hydroxylation is 1. The lowest BCUT2D eigenvalue weighted by molar-refractivity contribution is 0.782. The monoisotopic (exact) mass is 289 g/mol. The Bertz CT molecular complexity index is 846. The Balaban J connectivity index is 2.36. The highest BCUT2D eigenvalue weighted by Crippen LogP contribution is 2.21. The van der Waals surface area contributed by atoms with Crippen molar-refractivity contribution >= 4 is 33.9 Å². The van der Waals surface area contributed by atoms with Crippen molar-refractivity contribution in [2.24, 2.45) is 0 Å². The van der Waals surface area contributed by atoms with E-state index in [4.69, 9.17) is 12.2 Å². The maximum absolute atomic E-state index is 12.1. The second-order valence-electron chi connectivity index (χ2n) is 4.05. The third kappa shape index (κ3) is 2.02. The van der Waals surface area contributed by atoms with Crippen LogP contribution in [0.25, 0.3) is 21.7 Å². The largest absolute Gasteiger partial charge is 0.308 e. The molecular weight excluding hydrogens is 278 g/mol. The van der Waals surface area contributed by atoms with E-state index in [0.717, 1.165) is 5.56 Å². The van der Waals surface area contributed by atoms with Crippen molar-refractivity contribution in [1.29, 1.82) is 0 Å². The first-order valence-corrected chi connectivity index (χ1v) is 7.12. The van der Waals surface area contributed by atoms with Crippen LogP contribution in [0.2, 0.25) is 0 Å². The summed E-state index contributed by atoms with van der Waals surface area (Å²) in [5.41, 5.74) is 1.42. The smallest absolute Gasteiger partial charge is 0.270 e. The van der Waals surface area contributed by atoms with Gasteiger partial charge >= 0.3 is 0 Å². The number of benzene rings is 1. The molecule has 2 heterocycles. The molecule has 6 heteroatoms. The standard InChI is InChI=1S/C13H11N3OS2/c1-2-16-11-9(19-13(16)18)12(17)15-10(14-11)8-6-4-3-5-7-8/h3-7H,2H2,1H3,(H,14,15,17). The van der Waals surface area contributed by atoms with Crippen molar-refractivity contribution in [2.75, 3.05) is 0 Å². The number of nitrogens with zero attached hydrogens (tertiary/aromatic N) is 2. The van der Waals surface area contributed by atoms with E-state index < -0.39 is 0 Å². The Hall–Kier alpha value is -1.79. The minimum atomic E-state index is -0.132. The first kappa shape index (κ1) is 12.3. The Kier molecular flexibility index (Phi) is 3.04. The normalized spacial score (nSPS) is 11.0. The van der Waals surface area contributed by atoms with Crippen LogP contribution in [-0.4, -0.2) is 14.5 Å². The maximum Gasteiger partial charge on any atom is 0.270 e. The van der Waals surface area contributed by atoms with Crippen molar-refractivity contribution in [3.63, 3.8) is 0 Å². The van der Waals surface area contributed by atoms with E-state index in [2.05, 4.69) is 9.97 Å². The van der Waals surface area contributed by atoms with Crippen LogP contribution in [0.1, 0.15) is 6.92 Å². The quantitative estimate of drug-likeness (QED) is 0.737. The molecule has 0 spiro atoms. The Morgan fingerprint density at radius 1 is 1.37 bits per heavy atom. The zero-order chi connectivity index (χ0) is 13.4. The number of H-pyrrole nitrogens is 1. The fourth-order valence-electron chi connectivity index (χ4n) is 1.97. The summed E-state index contributed by atoms with van der Waals surface area (Å²) in [6.45, 7) is 2.70. The maximum atomic E-state index is 12.1. The summed E-state index contributed by atoms with van der Waals surface area (Å²) in [7, 11) is 0. The minimum absolute atomic E-state index is 0.132. The van der Waals surface area contributed by atoms with Gasteiger partial charge in [0.1, 0.15) is 10.5 Å². The van der Waals surface area contributed by atoms with Crippen molar-refractivity contribution in [2.45, 2.75) is 13.5 Å². The molecule has 96 valence electrons. The lowest BCUT2D eigenvalue weighted by Gasteiger charge is -2.02. The van der Waals surface area contributed by atoms with Crippen molar-refractivity contribution in [3.8, 4) is 11.4 Å². The van der Waals surface area contributed by atoms with E-state index in [0.29, 0.717) is 26.7 Å². The fraction of sp³-hybridized carbons (Fsp3) is 0.154. The first-order valence-electron chi connectivity index (χ1n) is 5.89. The predicted octanol–water partition coefficient (Wildman–Crippen LogP) is 3.20. The van der Waals surface area contributed by atoms with Gasteiger partial charge in [0.2, 0.25) is 0 Å². The lowest BCUT2D eigenvalue weighted by atomic mass is 10.2. The Morgan fingerprint density at radius 2 is 2.11 bits per heavy atom. The number of rotatable bonds is 2. The third-order valence-corrected chi connectivity index (χ3v) is 4.33. The van der Waals surface area contributed by atoms with Crippen LogP contribution in [-0.2, 0) is 6.54 Å². The second kappa shape index (κ2) is 4.71. The van der Waals surface area contributed by atoms with Gasteiger partial charge in [0.25, 0.3) is 5.56 Å². The predicted molar refractivity (Wildman–Crippen MR) is 80.2 cm³/mol. The van der Waals surface area contributed by atoms with Crippen LogP contribution in [0.15, 0.2) is 35.1 Å². The summed E-state index contributed by atoms with van der Waals surface area (Å²) in [6, 6.07) is 9.60. The van der Waals surface area contributed by atoms with Gasteiger partial charge in [0.15, 0.2) is 9.60 Å². The van der Waals surface area contributed by atoms with Gasteiger partial charge in [0, 0.05) is 12.1 Å². The van der Waals surface area contributed by atoms with Gasteiger partial charge in [0.05, 0.1) is 0 Å². The van der Waals surface area contributed by atoms with Gasteiger partial charge < -0.3 is 9.55 Å². The van der Waals surface area contributed by atoms with E-state index in [1.807, 2.05) is 41.8 Å². The van der Waals surface area contributed by atoms with Crippen LogP contribution in [0.3, 0.4) is 0 Å². The molecule has 0 amide bonds. The average Bonchev–Trinajstić information content (AvgIpc) is 2.76. The van der Waals surface area contributed by atoms with Crippen molar-refractivity contribution < 1.29 is 0 Å². The second-order valence-corrected chi connectivity index (χ2v) is 5.69. The van der Waals surface area contributed by atoms with E-state index in [9.17, 15) is 4.79 Å². The van der Waals surface area contributed by atoms with Crippen LogP contribution in [0, 0.1) is 3.95 Å². The van der Waals surface area contributed by atoms with Gasteiger partial charge in [-0.15, -0.1) is 0 Å². The highest BCUT2D eigenvalue weighted by Gasteiger charge is 2.11. The molecule has 0 bridgehead atoms. The molecule has 0 fully saturated rings. The molecule has 0 saturated carbocycles. The lowest BCUT2D eigenvalue weighted by Crippen LogP contribution is -2.09. The fourth-order valence-corrected chi connectivity index (χ4v) is 3.32. The van der Waals surface area contributed by atoms with Crippen LogP contribution >= 0.6 is 23.6 Å². The average molecular weight is 289 g/mol. The third-order valence-electron chi connectivity index (χ3n) is 2.89. The molecule has 0 radical (unpaired) electrons. The van der Waals surface area contributed by atoms with Crippen LogP contribution in [0.5, 0.6) is 0 Å². The molecule has 3 aromatic rings. The molecule has 0 aliphatic carbocycles. The summed E-state index contributed by atoms with van der Waals surface area (Å²) < 4.78 is 3.16. The summed E-state index contributed by atoms with van der Waals surface area (Å²) in [6.07, 6.45) is 0. The van der Waals surface area contributed by atoms with Gasteiger partial charge in [-0.25, -0.2) is 4.98 Å². The van der Waals surface area contributed by atoms with E-state index in [1.54, 1.807) is 0 Å². The molecule has 1 N–H and O–H groups in total. The summed E-state index contributed by atoms with van der Waals surface area (Å²) in [4.78, 5) is 19.5. The molecular formula is C13H11N3OS2. The molecule has 1 aromatic carbocycles. The summed E-state index contributed by atoms with van der Waals surface area (Å²) >= 11 is 6.57. The van der Waals surface area contributed by atoms with Crippen molar-refractivity contribution in [3.05, 3.63) is 44.6 Å². The van der Waals surface area contributed by atoms with Crippen LogP contribution in [0.4, 0.5) is 0 Å². The number of fused-ring (bicyclic) bond motifs is 1. The molecule has 3 rings (SSSR count). The zero-order valence-corrected chi connectivity index (χ0v) is 11.8. The SMILES string of the molecule is CCn1c(=S)sc2c(=O)[nH]c(-c3ccccc3)nc21. The minimum Gasteiger partial charge on any atom is -0.308 e. The van der Waals surface area contributed by atoms with Crippen molar-refractivity contribution in [1.82, 2.24) is 14.5 Å². The van der Waals surface area contributed by atoms with E-state index >= 15 is 0 Å². The summed E-state index contributed by atoms with van der Waals surface area (Å²) in [5, 5.41) is 0. The van der Waals surface area contributed by atoms with Gasteiger partial charge in [-0.2, -0.15) is 0 Å². The van der Waals surface area contributed by atoms with Gasteiger partial charge in [-0.05, 0) is 19.1 Å². The first-order chi connectivity index (χ1) is 9.20. The van der Waals surface area contributed by atoms with Crippen LogP contribution < -0.4 is 5.56 Å². The topological polar surface area (TPSA) is 50.7 Å². The van der Waals surface area contributed by atoms with Gasteiger partial charge in [-0.1, -0.05) is 41.7 Å².